The van der Waals surface area contributed by atoms with Crippen LogP contribution in [0.2, 0.25) is 0 Å². The van der Waals surface area contributed by atoms with Crippen LogP contribution in [0.15, 0.2) is 35.6 Å². The normalized spacial score (nSPS) is 10.9. The van der Waals surface area contributed by atoms with E-state index < -0.39 is 29.3 Å². The van der Waals surface area contributed by atoms with E-state index >= 15 is 0 Å². The molecule has 1 N–H and O–H groups in total. The number of nitrogens with zero attached hydrogens (tertiary/aromatic N) is 1. The molecule has 0 saturated heterocycles. The first-order valence-electron chi connectivity index (χ1n) is 7.44. The van der Waals surface area contributed by atoms with Gasteiger partial charge < -0.3 is 9.72 Å². The molecule has 140 valence electrons. The first kappa shape index (κ1) is 22.6. The van der Waals surface area contributed by atoms with Gasteiger partial charge in [0.05, 0.1) is 11.0 Å². The first-order chi connectivity index (χ1) is 11.6. The van der Waals surface area contributed by atoms with Crippen LogP contribution in [0.25, 0.3) is 11.0 Å². The standard InChI is InChI=1S/C12H7F5N2O2.2C2H6/c1-2-11(13,14)9-10(20)19-8-5-6(21-12(15,16)17)3-4-7(8)18-9;2*1-2/h2-5H,1H2,(H,19,20);2*1-2H3. The molecule has 1 heterocycles. The van der Waals surface area contributed by atoms with E-state index in [1.54, 1.807) is 0 Å². The van der Waals surface area contributed by atoms with Gasteiger partial charge in [-0.15, -0.1) is 13.2 Å². The molecule has 0 spiro atoms. The van der Waals surface area contributed by atoms with Crippen molar-refractivity contribution < 1.29 is 26.7 Å². The van der Waals surface area contributed by atoms with Crippen molar-refractivity contribution >= 4 is 11.0 Å². The summed E-state index contributed by atoms with van der Waals surface area (Å²) in [5.41, 5.74) is -2.59. The van der Waals surface area contributed by atoms with E-state index in [0.717, 1.165) is 18.2 Å². The van der Waals surface area contributed by atoms with Crippen LogP contribution in [0, 0.1) is 0 Å². The molecule has 0 atom stereocenters. The number of fused-ring (bicyclic) bond motifs is 1. The molecule has 2 rings (SSSR count). The molecule has 0 aliphatic heterocycles. The van der Waals surface area contributed by atoms with Crippen molar-refractivity contribution in [3.05, 3.63) is 46.9 Å². The molecule has 1 aromatic carbocycles. The second-order valence-electron chi connectivity index (χ2n) is 3.97. The van der Waals surface area contributed by atoms with E-state index in [1.807, 2.05) is 32.7 Å². The number of alkyl halides is 5. The fraction of sp³-hybridized carbons (Fsp3) is 0.375. The predicted molar refractivity (Wildman–Crippen MR) is 85.8 cm³/mol. The summed E-state index contributed by atoms with van der Waals surface area (Å²) in [4.78, 5) is 17.0. The van der Waals surface area contributed by atoms with Crippen LogP contribution in [-0.2, 0) is 5.92 Å². The zero-order valence-electron chi connectivity index (χ0n) is 14.2. The highest BCUT2D eigenvalue weighted by Gasteiger charge is 2.33. The average Bonchev–Trinajstić information content (AvgIpc) is 2.56. The minimum absolute atomic E-state index is 0.111. The molecule has 0 radical (unpaired) electrons. The van der Waals surface area contributed by atoms with Gasteiger partial charge >= 0.3 is 12.3 Å². The van der Waals surface area contributed by atoms with E-state index in [-0.39, 0.29) is 17.1 Å². The molecule has 0 saturated carbocycles. The summed E-state index contributed by atoms with van der Waals surface area (Å²) < 4.78 is 66.7. The van der Waals surface area contributed by atoms with Gasteiger partial charge in [0.1, 0.15) is 5.75 Å². The Morgan fingerprint density at radius 3 is 2.16 bits per heavy atom. The number of H-pyrrole nitrogens is 1. The van der Waals surface area contributed by atoms with Crippen LogP contribution >= 0.6 is 0 Å². The van der Waals surface area contributed by atoms with Gasteiger partial charge in [-0.3, -0.25) is 4.79 Å². The Labute approximate surface area is 141 Å². The lowest BCUT2D eigenvalue weighted by atomic mass is 10.2. The van der Waals surface area contributed by atoms with Crippen LogP contribution in [-0.4, -0.2) is 16.3 Å². The topological polar surface area (TPSA) is 55.0 Å². The predicted octanol–water partition coefficient (Wildman–Crippen LogP) is 5.15. The summed E-state index contributed by atoms with van der Waals surface area (Å²) in [6.45, 7) is 10.9. The molecular weight excluding hydrogens is 347 g/mol. The maximum absolute atomic E-state index is 13.4. The fourth-order valence-electron chi connectivity index (χ4n) is 1.59. The summed E-state index contributed by atoms with van der Waals surface area (Å²) in [5, 5.41) is 0. The number of aromatic amines is 1. The smallest absolute Gasteiger partial charge is 0.406 e. The number of aromatic nitrogens is 2. The SMILES string of the molecule is C=CC(F)(F)c1nc2ccc(OC(F)(F)F)cc2[nH]c1=O.CC.CC. The van der Waals surface area contributed by atoms with Crippen LogP contribution in [0.3, 0.4) is 0 Å². The average molecular weight is 366 g/mol. The van der Waals surface area contributed by atoms with Crippen LogP contribution < -0.4 is 10.3 Å². The quantitative estimate of drug-likeness (QED) is 0.604. The van der Waals surface area contributed by atoms with Crippen LogP contribution in [0.5, 0.6) is 5.75 Å². The molecule has 0 aliphatic carbocycles. The number of ether oxygens (including phenoxy) is 1. The molecule has 9 heteroatoms. The second-order valence-corrected chi connectivity index (χ2v) is 3.97. The van der Waals surface area contributed by atoms with Gasteiger partial charge in [-0.1, -0.05) is 34.3 Å². The minimum atomic E-state index is -4.91. The summed E-state index contributed by atoms with van der Waals surface area (Å²) in [7, 11) is 0. The third-order valence-electron chi connectivity index (χ3n) is 2.47. The maximum Gasteiger partial charge on any atom is 0.573 e. The van der Waals surface area contributed by atoms with Gasteiger partial charge in [0.25, 0.3) is 5.56 Å². The number of hydrogen-bond acceptors (Lipinski definition) is 3. The summed E-state index contributed by atoms with van der Waals surface area (Å²) >= 11 is 0. The Morgan fingerprint density at radius 1 is 1.12 bits per heavy atom. The number of hydrogen-bond donors (Lipinski definition) is 1. The van der Waals surface area contributed by atoms with Crippen LogP contribution in [0.1, 0.15) is 33.4 Å². The van der Waals surface area contributed by atoms with Gasteiger partial charge in [0.2, 0.25) is 0 Å². The third-order valence-corrected chi connectivity index (χ3v) is 2.47. The summed E-state index contributed by atoms with van der Waals surface area (Å²) in [6, 6.07) is 2.76. The Balaban J connectivity index is 0.00000134. The van der Waals surface area contributed by atoms with E-state index in [9.17, 15) is 26.7 Å². The van der Waals surface area contributed by atoms with Crippen molar-refractivity contribution in [2.24, 2.45) is 0 Å². The minimum Gasteiger partial charge on any atom is -0.406 e. The van der Waals surface area contributed by atoms with Gasteiger partial charge in [-0.2, -0.15) is 8.78 Å². The van der Waals surface area contributed by atoms with Crippen molar-refractivity contribution in [2.45, 2.75) is 40.0 Å². The van der Waals surface area contributed by atoms with Gasteiger partial charge in [0, 0.05) is 6.07 Å². The van der Waals surface area contributed by atoms with Crippen molar-refractivity contribution in [3.63, 3.8) is 0 Å². The molecule has 2 aromatic rings. The molecular formula is C16H19F5N2O2. The fourth-order valence-corrected chi connectivity index (χ4v) is 1.59. The van der Waals surface area contributed by atoms with Gasteiger partial charge in [0.15, 0.2) is 5.69 Å². The molecule has 0 aliphatic rings. The lowest BCUT2D eigenvalue weighted by Gasteiger charge is -2.11. The number of allylic oxidation sites excluding steroid dienone is 1. The third kappa shape index (κ3) is 6.17. The van der Waals surface area contributed by atoms with Crippen molar-refractivity contribution in [3.8, 4) is 5.75 Å². The van der Waals surface area contributed by atoms with Gasteiger partial charge in [-0.05, 0) is 18.2 Å². The summed E-state index contributed by atoms with van der Waals surface area (Å²) in [5.74, 6) is -4.25. The Bertz CT molecular complexity index is 754. The molecule has 1 aromatic heterocycles. The highest BCUT2D eigenvalue weighted by molar-refractivity contribution is 5.75. The largest absolute Gasteiger partial charge is 0.573 e. The van der Waals surface area contributed by atoms with E-state index in [4.69, 9.17) is 0 Å². The van der Waals surface area contributed by atoms with Crippen molar-refractivity contribution in [1.29, 1.82) is 0 Å². The van der Waals surface area contributed by atoms with Crippen molar-refractivity contribution in [2.75, 3.05) is 0 Å². The van der Waals surface area contributed by atoms with E-state index in [0.29, 0.717) is 0 Å². The second kappa shape index (κ2) is 9.14. The number of rotatable bonds is 3. The van der Waals surface area contributed by atoms with Crippen molar-refractivity contribution in [1.82, 2.24) is 9.97 Å². The van der Waals surface area contributed by atoms with E-state index in [2.05, 4.69) is 16.3 Å². The molecule has 4 nitrogen and oxygen atoms in total. The van der Waals surface area contributed by atoms with Gasteiger partial charge in [-0.25, -0.2) is 4.98 Å². The number of nitrogens with one attached hydrogen (secondary N) is 1. The highest BCUT2D eigenvalue weighted by Crippen LogP contribution is 2.28. The molecule has 0 amide bonds. The number of halogens is 5. The maximum atomic E-state index is 13.4. The zero-order chi connectivity index (χ0) is 19.8. The Kier molecular flexibility index (Phi) is 8.25. The Morgan fingerprint density at radius 2 is 1.68 bits per heavy atom. The number of benzene rings is 1. The molecule has 0 unspecified atom stereocenters. The first-order valence-corrected chi connectivity index (χ1v) is 7.44. The monoisotopic (exact) mass is 366 g/mol. The zero-order valence-corrected chi connectivity index (χ0v) is 14.2. The van der Waals surface area contributed by atoms with Crippen LogP contribution in [0.4, 0.5) is 22.0 Å². The van der Waals surface area contributed by atoms with E-state index in [1.165, 1.54) is 0 Å². The lowest BCUT2D eigenvalue weighted by molar-refractivity contribution is -0.274. The highest BCUT2D eigenvalue weighted by atomic mass is 19.4. The Hall–Kier alpha value is -2.45. The molecule has 25 heavy (non-hydrogen) atoms. The lowest BCUT2D eigenvalue weighted by Crippen LogP contribution is -2.25. The summed E-state index contributed by atoms with van der Waals surface area (Å²) in [6.07, 6.45) is -4.66. The molecule has 0 bridgehead atoms. The molecule has 0 fully saturated rings.